The van der Waals surface area contributed by atoms with Crippen LogP contribution < -0.4 is 0 Å². The van der Waals surface area contributed by atoms with Crippen LogP contribution in [0.5, 0.6) is 0 Å². The zero-order chi connectivity index (χ0) is 18.2. The number of oxime groups is 2. The molecular weight excluding hydrogens is 344 g/mol. The van der Waals surface area contributed by atoms with Gasteiger partial charge >= 0.3 is 5.97 Å². The highest BCUT2D eigenvalue weighted by Gasteiger charge is 2.18. The van der Waals surface area contributed by atoms with Gasteiger partial charge in [0.1, 0.15) is 6.61 Å². The Balaban J connectivity index is 2.15. The fourth-order valence-electron chi connectivity index (χ4n) is 2.12. The van der Waals surface area contributed by atoms with Crippen molar-refractivity contribution < 1.29 is 19.6 Å². The minimum atomic E-state index is -0.740. The smallest absolute Gasteiger partial charge is 0.360 e. The number of esters is 1. The van der Waals surface area contributed by atoms with Gasteiger partial charge in [-0.25, -0.2) is 4.79 Å². The Kier molecular flexibility index (Phi) is 6.54. The third-order valence-corrected chi connectivity index (χ3v) is 3.69. The first-order valence-corrected chi connectivity index (χ1v) is 7.75. The molecule has 0 radical (unpaired) electrons. The van der Waals surface area contributed by atoms with Crippen LogP contribution in [-0.4, -0.2) is 29.7 Å². The molecule has 0 aliphatic rings. The molecule has 130 valence electrons. The second-order valence-electron chi connectivity index (χ2n) is 5.05. The van der Waals surface area contributed by atoms with Gasteiger partial charge in [-0.05, 0) is 24.6 Å². The van der Waals surface area contributed by atoms with Gasteiger partial charge in [0.05, 0.1) is 12.8 Å². The second kappa shape index (κ2) is 8.84. The summed E-state index contributed by atoms with van der Waals surface area (Å²) in [4.78, 5) is 17.1. The Labute approximate surface area is 150 Å². The van der Waals surface area contributed by atoms with Crippen molar-refractivity contribution >= 4 is 29.0 Å². The van der Waals surface area contributed by atoms with E-state index in [1.165, 1.54) is 7.11 Å². The molecule has 0 saturated carbocycles. The van der Waals surface area contributed by atoms with Crippen LogP contribution in [0.3, 0.4) is 0 Å². The van der Waals surface area contributed by atoms with Gasteiger partial charge in [0.2, 0.25) is 0 Å². The van der Waals surface area contributed by atoms with E-state index < -0.39 is 5.97 Å². The van der Waals surface area contributed by atoms with Gasteiger partial charge in [-0.2, -0.15) is 0 Å². The van der Waals surface area contributed by atoms with Crippen molar-refractivity contribution in [3.05, 3.63) is 70.2 Å². The van der Waals surface area contributed by atoms with Crippen molar-refractivity contribution in [2.24, 2.45) is 10.3 Å². The molecular formula is C18H17ClN2O4. The average molecular weight is 361 g/mol. The summed E-state index contributed by atoms with van der Waals surface area (Å²) in [6, 6.07) is 14.1. The molecule has 25 heavy (non-hydrogen) atoms. The summed E-state index contributed by atoms with van der Waals surface area (Å²) in [6.07, 6.45) is 0. The normalized spacial score (nSPS) is 12.0. The van der Waals surface area contributed by atoms with Crippen molar-refractivity contribution in [1.82, 2.24) is 0 Å². The molecule has 1 N–H and O–H groups in total. The number of nitrogens with zero attached hydrogens (tertiary/aromatic N) is 2. The lowest BCUT2D eigenvalue weighted by Crippen LogP contribution is -2.19. The zero-order valence-corrected chi connectivity index (χ0v) is 14.5. The van der Waals surface area contributed by atoms with E-state index in [2.05, 4.69) is 15.0 Å². The molecule has 0 saturated heterocycles. The van der Waals surface area contributed by atoms with Gasteiger partial charge in [0.25, 0.3) is 0 Å². The molecule has 6 nitrogen and oxygen atoms in total. The number of hydrogen-bond acceptors (Lipinski definition) is 6. The van der Waals surface area contributed by atoms with E-state index in [1.54, 1.807) is 36.4 Å². The van der Waals surface area contributed by atoms with Crippen LogP contribution in [0.25, 0.3) is 0 Å². The molecule has 0 spiro atoms. The molecule has 2 aromatic rings. The third-order valence-electron chi connectivity index (χ3n) is 3.43. The van der Waals surface area contributed by atoms with E-state index in [9.17, 15) is 4.79 Å². The quantitative estimate of drug-likeness (QED) is 0.369. The van der Waals surface area contributed by atoms with E-state index in [4.69, 9.17) is 21.6 Å². The van der Waals surface area contributed by atoms with Crippen LogP contribution in [-0.2, 0) is 21.0 Å². The predicted octanol–water partition coefficient (Wildman–Crippen LogP) is 3.63. The van der Waals surface area contributed by atoms with Crippen LogP contribution in [0.15, 0.2) is 58.8 Å². The average Bonchev–Trinajstić information content (AvgIpc) is 2.63. The molecule has 0 heterocycles. The Morgan fingerprint density at radius 1 is 1.16 bits per heavy atom. The van der Waals surface area contributed by atoms with E-state index >= 15 is 0 Å². The summed E-state index contributed by atoms with van der Waals surface area (Å²) in [7, 11) is 1.21. The predicted molar refractivity (Wildman–Crippen MR) is 95.2 cm³/mol. The molecule has 0 amide bonds. The first-order chi connectivity index (χ1) is 12.1. The van der Waals surface area contributed by atoms with Crippen molar-refractivity contribution in [2.45, 2.75) is 13.5 Å². The lowest BCUT2D eigenvalue weighted by Gasteiger charge is -2.09. The van der Waals surface area contributed by atoms with Gasteiger partial charge in [-0.1, -0.05) is 58.3 Å². The Morgan fingerprint density at radius 2 is 1.84 bits per heavy atom. The molecule has 0 unspecified atom stereocenters. The Morgan fingerprint density at radius 3 is 2.48 bits per heavy atom. The van der Waals surface area contributed by atoms with E-state index in [1.807, 2.05) is 19.1 Å². The van der Waals surface area contributed by atoms with Crippen LogP contribution >= 0.6 is 11.6 Å². The summed E-state index contributed by atoms with van der Waals surface area (Å²) in [6.45, 7) is 1.90. The molecule has 0 atom stereocenters. The maximum absolute atomic E-state index is 11.7. The van der Waals surface area contributed by atoms with Gasteiger partial charge in [0.15, 0.2) is 5.71 Å². The number of benzene rings is 2. The van der Waals surface area contributed by atoms with Crippen LogP contribution in [0.2, 0.25) is 5.02 Å². The third kappa shape index (κ3) is 4.81. The first-order valence-electron chi connectivity index (χ1n) is 7.38. The number of carbonyl (C=O) groups is 1. The number of ether oxygens (including phenoxy) is 1. The van der Waals surface area contributed by atoms with Crippen LogP contribution in [0, 0.1) is 0 Å². The van der Waals surface area contributed by atoms with E-state index in [-0.39, 0.29) is 12.3 Å². The number of rotatable bonds is 6. The fourth-order valence-corrected chi connectivity index (χ4v) is 2.25. The molecule has 2 rings (SSSR count). The number of hydrogen-bond donors (Lipinski definition) is 1. The van der Waals surface area contributed by atoms with Crippen molar-refractivity contribution in [1.29, 1.82) is 0 Å². The fraction of sp³-hybridized carbons (Fsp3) is 0.167. The van der Waals surface area contributed by atoms with Crippen LogP contribution in [0.4, 0.5) is 0 Å². The molecule has 0 aliphatic heterocycles. The van der Waals surface area contributed by atoms with E-state index in [0.29, 0.717) is 21.9 Å². The summed E-state index contributed by atoms with van der Waals surface area (Å²) in [5, 5.41) is 16.8. The second-order valence-corrected chi connectivity index (χ2v) is 5.49. The minimum Gasteiger partial charge on any atom is -0.464 e. The Bertz CT molecular complexity index is 801. The highest BCUT2D eigenvalue weighted by atomic mass is 35.5. The Hall–Kier alpha value is -2.86. The molecule has 0 fully saturated rings. The lowest BCUT2D eigenvalue weighted by atomic mass is 10.0. The first kappa shape index (κ1) is 18.5. The molecule has 0 bridgehead atoms. The maximum Gasteiger partial charge on any atom is 0.360 e. The monoisotopic (exact) mass is 360 g/mol. The largest absolute Gasteiger partial charge is 0.464 e. The summed E-state index contributed by atoms with van der Waals surface area (Å²) in [5.74, 6) is -0.740. The van der Waals surface area contributed by atoms with Crippen molar-refractivity contribution in [3.63, 3.8) is 0 Å². The standard InChI is InChI=1S/C18H17ClN2O4/c1-12(13-7-9-15(19)10-8-13)21-25-11-14-5-3-4-6-16(14)17(20-23)18(22)24-2/h3-10,23H,11H2,1-2H3. The van der Waals surface area contributed by atoms with Gasteiger partial charge in [-0.3, -0.25) is 0 Å². The molecule has 0 aliphatic carbocycles. The zero-order valence-electron chi connectivity index (χ0n) is 13.8. The maximum atomic E-state index is 11.7. The van der Waals surface area contributed by atoms with E-state index in [0.717, 1.165) is 5.56 Å². The highest BCUT2D eigenvalue weighted by molar-refractivity contribution is 6.43. The van der Waals surface area contributed by atoms with Crippen LogP contribution in [0.1, 0.15) is 23.6 Å². The molecule has 2 aromatic carbocycles. The topological polar surface area (TPSA) is 80.5 Å². The molecule has 0 aromatic heterocycles. The van der Waals surface area contributed by atoms with Gasteiger partial charge in [-0.15, -0.1) is 0 Å². The summed E-state index contributed by atoms with van der Waals surface area (Å²) >= 11 is 5.86. The van der Waals surface area contributed by atoms with Crippen molar-refractivity contribution in [2.75, 3.05) is 7.11 Å². The minimum absolute atomic E-state index is 0.0944. The highest BCUT2D eigenvalue weighted by Crippen LogP contribution is 2.14. The SMILES string of the molecule is COC(=O)C(=NO)c1ccccc1CON=C(C)c1ccc(Cl)cc1. The van der Waals surface area contributed by atoms with Gasteiger partial charge < -0.3 is 14.8 Å². The number of methoxy groups -OCH3 is 1. The number of carbonyl (C=O) groups excluding carboxylic acids is 1. The lowest BCUT2D eigenvalue weighted by molar-refractivity contribution is -0.132. The van der Waals surface area contributed by atoms with Gasteiger partial charge in [0, 0.05) is 16.1 Å². The summed E-state index contributed by atoms with van der Waals surface area (Å²) in [5.41, 5.74) is 2.41. The number of halogens is 1. The van der Waals surface area contributed by atoms with Crippen molar-refractivity contribution in [3.8, 4) is 0 Å². The molecule has 7 heteroatoms. The summed E-state index contributed by atoms with van der Waals surface area (Å²) < 4.78 is 4.61.